The summed E-state index contributed by atoms with van der Waals surface area (Å²) < 4.78 is 31.8. The molecule has 9 heteroatoms. The number of hydrogen-bond acceptors (Lipinski definition) is 4. The van der Waals surface area contributed by atoms with Crippen LogP contribution < -0.4 is 4.52 Å². The topological polar surface area (TPSA) is 113 Å². The first kappa shape index (κ1) is 20.4. The predicted octanol–water partition coefficient (Wildman–Crippen LogP) is 3.87. The minimum absolute atomic E-state index is 0.104. The van der Waals surface area contributed by atoms with Crippen LogP contribution in [0.4, 0.5) is 0 Å². The molecule has 0 aromatic heterocycles. The molecule has 0 aliphatic carbocycles. The van der Waals surface area contributed by atoms with E-state index in [4.69, 9.17) is 14.3 Å². The Labute approximate surface area is 136 Å². The second-order valence-corrected chi connectivity index (χ2v) is 10.1. The highest BCUT2D eigenvalue weighted by Gasteiger charge is 2.37. The molecule has 7 nitrogen and oxygen atoms in total. The molecule has 1 aromatic carbocycles. The van der Waals surface area contributed by atoms with E-state index in [9.17, 15) is 14.0 Å². The van der Waals surface area contributed by atoms with Crippen LogP contribution in [0.25, 0.3) is 0 Å². The van der Waals surface area contributed by atoms with Gasteiger partial charge in [-0.15, -0.1) is 0 Å². The summed E-state index contributed by atoms with van der Waals surface area (Å²) in [6.45, 7) is 11.4. The van der Waals surface area contributed by atoms with Gasteiger partial charge in [-0.25, -0.2) is 9.13 Å². The van der Waals surface area contributed by atoms with Gasteiger partial charge >= 0.3 is 15.6 Å². The van der Waals surface area contributed by atoms with Crippen molar-refractivity contribution in [3.8, 4) is 5.75 Å². The van der Waals surface area contributed by atoms with Gasteiger partial charge < -0.3 is 14.3 Å². The summed E-state index contributed by atoms with van der Waals surface area (Å²) >= 11 is 0. The largest absolute Gasteiger partial charge is 0.536 e. The van der Waals surface area contributed by atoms with Crippen molar-refractivity contribution in [2.45, 2.75) is 52.4 Å². The Morgan fingerprint density at radius 2 is 1.26 bits per heavy atom. The standard InChI is InChI=1S/C14H24O7P2/c1-13(2,3)10-8-7-9-11(14(4,5)6)12(10)20-23(18,19)21-22(15,16)17/h7-9H,1-6H3,(H,18,19)(H2,15,16,17). The van der Waals surface area contributed by atoms with Crippen molar-refractivity contribution in [1.82, 2.24) is 0 Å². The molecule has 23 heavy (non-hydrogen) atoms. The molecule has 0 aliphatic heterocycles. The third-order valence-electron chi connectivity index (χ3n) is 3.05. The Balaban J connectivity index is 3.49. The van der Waals surface area contributed by atoms with Crippen molar-refractivity contribution in [3.05, 3.63) is 29.3 Å². The summed E-state index contributed by atoms with van der Waals surface area (Å²) in [7, 11) is -10.2. The van der Waals surface area contributed by atoms with Gasteiger partial charge in [-0.05, 0) is 10.8 Å². The molecule has 0 fully saturated rings. The Morgan fingerprint density at radius 1 is 0.870 bits per heavy atom. The number of benzene rings is 1. The Bertz CT molecular complexity index is 632. The van der Waals surface area contributed by atoms with Crippen molar-refractivity contribution < 1.29 is 32.6 Å². The van der Waals surface area contributed by atoms with E-state index in [0.717, 1.165) is 0 Å². The van der Waals surface area contributed by atoms with Crippen molar-refractivity contribution in [3.63, 3.8) is 0 Å². The van der Waals surface area contributed by atoms with E-state index < -0.39 is 26.5 Å². The third-order valence-corrected chi connectivity index (χ3v) is 5.14. The molecule has 0 saturated heterocycles. The van der Waals surface area contributed by atoms with Crippen molar-refractivity contribution >= 4 is 15.6 Å². The highest BCUT2D eigenvalue weighted by Crippen LogP contribution is 2.59. The van der Waals surface area contributed by atoms with Gasteiger partial charge in [-0.1, -0.05) is 59.7 Å². The maximum absolute atomic E-state index is 12.0. The molecule has 0 amide bonds. The lowest BCUT2D eigenvalue weighted by Gasteiger charge is -2.29. The highest BCUT2D eigenvalue weighted by atomic mass is 31.3. The minimum atomic E-state index is -5.17. The Kier molecular flexibility index (Phi) is 5.60. The van der Waals surface area contributed by atoms with Gasteiger partial charge in [0.25, 0.3) is 0 Å². The van der Waals surface area contributed by atoms with Gasteiger partial charge in [0.1, 0.15) is 5.75 Å². The molecule has 0 heterocycles. The molecule has 0 bridgehead atoms. The third kappa shape index (κ3) is 6.03. The molecule has 132 valence electrons. The second kappa shape index (κ2) is 6.32. The van der Waals surface area contributed by atoms with Gasteiger partial charge in [-0.2, -0.15) is 4.31 Å². The molecular weight excluding hydrogens is 342 g/mol. The van der Waals surface area contributed by atoms with E-state index in [1.54, 1.807) is 18.2 Å². The molecule has 1 atom stereocenters. The normalized spacial score (nSPS) is 16.0. The molecule has 0 spiro atoms. The van der Waals surface area contributed by atoms with Crippen LogP contribution in [0.2, 0.25) is 0 Å². The molecule has 1 rings (SSSR count). The van der Waals surface area contributed by atoms with E-state index in [0.29, 0.717) is 11.1 Å². The van der Waals surface area contributed by atoms with Crippen LogP contribution in [0.3, 0.4) is 0 Å². The van der Waals surface area contributed by atoms with E-state index in [-0.39, 0.29) is 5.75 Å². The lowest BCUT2D eigenvalue weighted by molar-refractivity contribution is 0.227. The summed E-state index contributed by atoms with van der Waals surface area (Å²) in [5.41, 5.74) is 0.430. The van der Waals surface area contributed by atoms with Crippen LogP contribution >= 0.6 is 15.6 Å². The zero-order valence-electron chi connectivity index (χ0n) is 14.1. The molecule has 0 aliphatic rings. The Morgan fingerprint density at radius 3 is 1.57 bits per heavy atom. The fraction of sp³-hybridized carbons (Fsp3) is 0.571. The van der Waals surface area contributed by atoms with Gasteiger partial charge in [0.05, 0.1) is 0 Å². The average Bonchev–Trinajstić information content (AvgIpc) is 2.21. The van der Waals surface area contributed by atoms with Gasteiger partial charge in [0.15, 0.2) is 0 Å². The zero-order chi connectivity index (χ0) is 18.3. The lowest BCUT2D eigenvalue weighted by atomic mass is 9.80. The van der Waals surface area contributed by atoms with Gasteiger partial charge in [-0.3, -0.25) is 4.89 Å². The van der Waals surface area contributed by atoms with E-state index >= 15 is 0 Å². The predicted molar refractivity (Wildman–Crippen MR) is 87.4 cm³/mol. The monoisotopic (exact) mass is 366 g/mol. The number of para-hydroxylation sites is 1. The quantitative estimate of drug-likeness (QED) is 0.693. The summed E-state index contributed by atoms with van der Waals surface area (Å²) in [6.07, 6.45) is 0. The molecule has 1 aromatic rings. The Hall–Kier alpha value is -0.680. The summed E-state index contributed by atoms with van der Waals surface area (Å²) in [5, 5.41) is 0. The van der Waals surface area contributed by atoms with Crippen LogP contribution in [-0.2, 0) is 24.3 Å². The van der Waals surface area contributed by atoms with E-state index in [2.05, 4.69) is 4.31 Å². The number of hydrogen-bond donors (Lipinski definition) is 3. The lowest BCUT2D eigenvalue weighted by Crippen LogP contribution is -2.19. The average molecular weight is 366 g/mol. The molecule has 3 N–H and O–H groups in total. The van der Waals surface area contributed by atoms with Crippen LogP contribution in [0.15, 0.2) is 18.2 Å². The van der Waals surface area contributed by atoms with Crippen molar-refractivity contribution in [1.29, 1.82) is 0 Å². The fourth-order valence-corrected chi connectivity index (χ4v) is 3.72. The van der Waals surface area contributed by atoms with Crippen LogP contribution in [-0.4, -0.2) is 14.7 Å². The number of phosphoric ester groups is 1. The SMILES string of the molecule is CC(C)(C)c1cccc(C(C)(C)C)c1OP(=O)(O)OP(=O)(O)O. The van der Waals surface area contributed by atoms with E-state index in [1.165, 1.54) is 0 Å². The first-order chi connectivity index (χ1) is 10.0. The van der Waals surface area contributed by atoms with Crippen molar-refractivity contribution in [2.24, 2.45) is 0 Å². The molecule has 0 saturated carbocycles. The first-order valence-corrected chi connectivity index (χ1v) is 9.99. The van der Waals surface area contributed by atoms with Crippen molar-refractivity contribution in [2.75, 3.05) is 0 Å². The van der Waals surface area contributed by atoms with Crippen LogP contribution in [0, 0.1) is 0 Å². The second-order valence-electron chi connectivity index (χ2n) is 7.31. The van der Waals surface area contributed by atoms with E-state index in [1.807, 2.05) is 41.5 Å². The molecule has 0 radical (unpaired) electrons. The highest BCUT2D eigenvalue weighted by molar-refractivity contribution is 7.60. The summed E-state index contributed by atoms with van der Waals surface area (Å²) in [5.74, 6) is 0.104. The van der Waals surface area contributed by atoms with Crippen LogP contribution in [0.1, 0.15) is 52.7 Å². The first-order valence-electron chi connectivity index (χ1n) is 6.96. The van der Waals surface area contributed by atoms with Gasteiger partial charge in [0, 0.05) is 11.1 Å². The zero-order valence-corrected chi connectivity index (χ0v) is 15.9. The maximum Gasteiger partial charge on any atom is 0.536 e. The number of rotatable bonds is 4. The van der Waals surface area contributed by atoms with Gasteiger partial charge in [0.2, 0.25) is 0 Å². The summed E-state index contributed by atoms with van der Waals surface area (Å²) in [4.78, 5) is 27.2. The summed E-state index contributed by atoms with van der Waals surface area (Å²) in [6, 6.07) is 5.28. The van der Waals surface area contributed by atoms with Crippen LogP contribution in [0.5, 0.6) is 5.75 Å². The fourth-order valence-electron chi connectivity index (χ4n) is 2.08. The maximum atomic E-state index is 12.0. The number of phosphoric acid groups is 2. The molecular formula is C14H24O7P2. The molecule has 1 unspecified atom stereocenters. The smallest absolute Gasteiger partial charge is 0.403 e. The minimum Gasteiger partial charge on any atom is -0.403 e.